The molecule has 0 aromatic heterocycles. The second kappa shape index (κ2) is 26.6. The molecule has 0 aromatic carbocycles. The molecule has 37 heavy (non-hydrogen) atoms. The van der Waals surface area contributed by atoms with Gasteiger partial charge in [0.2, 0.25) is 5.91 Å². The highest BCUT2D eigenvalue weighted by Gasteiger charge is 2.28. The molecule has 0 aliphatic carbocycles. The third-order valence-electron chi connectivity index (χ3n) is 7.23. The van der Waals surface area contributed by atoms with Crippen LogP contribution in [0, 0.1) is 0 Å². The second-order valence-electron chi connectivity index (χ2n) is 10.8. The zero-order valence-corrected chi connectivity index (χ0v) is 24.2. The highest BCUT2D eigenvalue weighted by Crippen LogP contribution is 2.14. The van der Waals surface area contributed by atoms with Crippen LogP contribution in [0.5, 0.6) is 0 Å². The maximum atomic E-state index is 12.3. The maximum Gasteiger partial charge on any atom is 0.249 e. The van der Waals surface area contributed by atoms with Gasteiger partial charge in [0, 0.05) is 0 Å². The van der Waals surface area contributed by atoms with Gasteiger partial charge in [-0.1, -0.05) is 122 Å². The number of carbonyl (C=O) groups is 1. The summed E-state index contributed by atoms with van der Waals surface area (Å²) in [5.41, 5.74) is 0. The van der Waals surface area contributed by atoms with E-state index in [9.17, 15) is 25.2 Å². The van der Waals surface area contributed by atoms with Crippen molar-refractivity contribution in [2.45, 2.75) is 173 Å². The van der Waals surface area contributed by atoms with Crippen LogP contribution >= 0.6 is 0 Å². The molecule has 4 unspecified atom stereocenters. The summed E-state index contributed by atoms with van der Waals surface area (Å²) in [6, 6.07) is -0.992. The van der Waals surface area contributed by atoms with E-state index in [0.717, 1.165) is 38.5 Å². The molecule has 0 bridgehead atoms. The van der Waals surface area contributed by atoms with Crippen LogP contribution in [0.15, 0.2) is 12.2 Å². The van der Waals surface area contributed by atoms with E-state index >= 15 is 0 Å². The number of aliphatic hydroxyl groups excluding tert-OH is 4. The van der Waals surface area contributed by atoms with Gasteiger partial charge in [-0.15, -0.1) is 0 Å². The minimum atomic E-state index is -1.27. The molecule has 220 valence electrons. The van der Waals surface area contributed by atoms with E-state index in [1.807, 2.05) is 0 Å². The molecule has 6 heteroatoms. The van der Waals surface area contributed by atoms with Gasteiger partial charge >= 0.3 is 0 Å². The molecule has 0 aliphatic heterocycles. The number of nitrogens with one attached hydrogen (secondary N) is 1. The van der Waals surface area contributed by atoms with Gasteiger partial charge in [0.15, 0.2) is 0 Å². The molecule has 0 rings (SSSR count). The lowest BCUT2D eigenvalue weighted by Gasteiger charge is -2.27. The van der Waals surface area contributed by atoms with Crippen LogP contribution in [0.1, 0.15) is 149 Å². The van der Waals surface area contributed by atoms with Crippen molar-refractivity contribution < 1.29 is 25.2 Å². The van der Waals surface area contributed by atoms with Crippen molar-refractivity contribution in [2.75, 3.05) is 6.61 Å². The SMILES string of the molecule is CCCCCC/C=C/CCCC(O)C(O)C(CO)NC(=O)C(O)CCCCCCCCCCCCCC. The zero-order valence-electron chi connectivity index (χ0n) is 24.2. The normalized spacial score (nSPS) is 15.1. The van der Waals surface area contributed by atoms with Gasteiger partial charge < -0.3 is 25.7 Å². The van der Waals surface area contributed by atoms with Gasteiger partial charge in [-0.25, -0.2) is 0 Å². The summed E-state index contributed by atoms with van der Waals surface area (Å²) in [4.78, 5) is 12.3. The maximum absolute atomic E-state index is 12.3. The standard InChI is InChI=1S/C31H61NO5/c1-3-5-7-9-11-13-14-15-17-19-21-23-25-29(35)31(37)32-27(26-33)30(36)28(34)24-22-20-18-16-12-10-8-6-4-2/h16,18,27-30,33-36H,3-15,17,19-26H2,1-2H3,(H,32,37)/b18-16+. The van der Waals surface area contributed by atoms with Crippen LogP contribution in [0.3, 0.4) is 0 Å². The minimum absolute atomic E-state index is 0.366. The quantitative estimate of drug-likeness (QED) is 0.0633. The van der Waals surface area contributed by atoms with Crippen molar-refractivity contribution >= 4 is 5.91 Å². The zero-order chi connectivity index (χ0) is 27.6. The Morgan fingerprint density at radius 2 is 1.11 bits per heavy atom. The molecule has 0 spiro atoms. The van der Waals surface area contributed by atoms with E-state index in [-0.39, 0.29) is 0 Å². The largest absolute Gasteiger partial charge is 0.394 e. The summed E-state index contributed by atoms with van der Waals surface area (Å²) < 4.78 is 0. The lowest BCUT2D eigenvalue weighted by molar-refractivity contribution is -0.132. The fraction of sp³-hybridized carbons (Fsp3) is 0.903. The third-order valence-corrected chi connectivity index (χ3v) is 7.23. The minimum Gasteiger partial charge on any atom is -0.394 e. The van der Waals surface area contributed by atoms with Gasteiger partial charge in [0.05, 0.1) is 18.8 Å². The first-order valence-corrected chi connectivity index (χ1v) is 15.6. The predicted molar refractivity (Wildman–Crippen MR) is 154 cm³/mol. The topological polar surface area (TPSA) is 110 Å². The Labute approximate surface area is 228 Å². The molecule has 1 amide bonds. The van der Waals surface area contributed by atoms with Crippen LogP contribution in [0.4, 0.5) is 0 Å². The lowest BCUT2D eigenvalue weighted by atomic mass is 10.00. The van der Waals surface area contributed by atoms with E-state index < -0.39 is 36.9 Å². The molecule has 0 saturated heterocycles. The predicted octanol–water partition coefficient (Wildman–Crippen LogP) is 6.33. The second-order valence-corrected chi connectivity index (χ2v) is 10.8. The van der Waals surface area contributed by atoms with E-state index in [0.29, 0.717) is 12.8 Å². The summed E-state index contributed by atoms with van der Waals surface area (Å²) in [6.07, 6.45) is 23.8. The molecule has 0 saturated carbocycles. The lowest BCUT2D eigenvalue weighted by Crippen LogP contribution is -2.53. The molecule has 0 radical (unpaired) electrons. The summed E-state index contributed by atoms with van der Waals surface area (Å²) >= 11 is 0. The smallest absolute Gasteiger partial charge is 0.249 e. The molecule has 6 nitrogen and oxygen atoms in total. The number of carbonyl (C=O) groups excluding carboxylic acids is 1. The van der Waals surface area contributed by atoms with Gasteiger partial charge in [-0.05, 0) is 38.5 Å². The van der Waals surface area contributed by atoms with Gasteiger partial charge in [0.25, 0.3) is 0 Å². The molecule has 5 N–H and O–H groups in total. The Balaban J connectivity index is 3.93. The van der Waals surface area contributed by atoms with E-state index in [1.165, 1.54) is 83.5 Å². The fourth-order valence-corrected chi connectivity index (χ4v) is 4.64. The monoisotopic (exact) mass is 527 g/mol. The first-order chi connectivity index (χ1) is 18.0. The number of hydrogen-bond acceptors (Lipinski definition) is 5. The van der Waals surface area contributed by atoms with Gasteiger partial charge in [0.1, 0.15) is 12.2 Å². The van der Waals surface area contributed by atoms with Gasteiger partial charge in [-0.2, -0.15) is 0 Å². The summed E-state index contributed by atoms with van der Waals surface area (Å²) in [7, 11) is 0. The summed E-state index contributed by atoms with van der Waals surface area (Å²) in [5.74, 6) is -0.598. The fourth-order valence-electron chi connectivity index (χ4n) is 4.64. The molecule has 0 aromatic rings. The number of hydrogen-bond donors (Lipinski definition) is 5. The number of aliphatic hydroxyl groups is 4. The van der Waals surface area contributed by atoms with Crippen LogP contribution in [0.2, 0.25) is 0 Å². The third kappa shape index (κ3) is 21.7. The van der Waals surface area contributed by atoms with Crippen LogP contribution in [-0.4, -0.2) is 57.3 Å². The summed E-state index contributed by atoms with van der Waals surface area (Å²) in [5, 5.41) is 43.0. The molecule has 0 heterocycles. The van der Waals surface area contributed by atoms with Crippen molar-refractivity contribution in [1.82, 2.24) is 5.32 Å². The van der Waals surface area contributed by atoms with E-state index in [2.05, 4.69) is 31.3 Å². The highest BCUT2D eigenvalue weighted by atomic mass is 16.3. The van der Waals surface area contributed by atoms with Crippen molar-refractivity contribution in [3.63, 3.8) is 0 Å². The van der Waals surface area contributed by atoms with Crippen molar-refractivity contribution in [3.8, 4) is 0 Å². The van der Waals surface area contributed by atoms with Gasteiger partial charge in [-0.3, -0.25) is 4.79 Å². The average molecular weight is 528 g/mol. The average Bonchev–Trinajstić information content (AvgIpc) is 2.90. The number of allylic oxidation sites excluding steroid dienone is 2. The molecule has 4 atom stereocenters. The molecule has 0 aliphatic rings. The van der Waals surface area contributed by atoms with Crippen LogP contribution in [0.25, 0.3) is 0 Å². The first-order valence-electron chi connectivity index (χ1n) is 15.6. The molecule has 0 fully saturated rings. The van der Waals surface area contributed by atoms with E-state index in [1.54, 1.807) is 0 Å². The van der Waals surface area contributed by atoms with Crippen molar-refractivity contribution in [1.29, 1.82) is 0 Å². The highest BCUT2D eigenvalue weighted by molar-refractivity contribution is 5.80. The molecular weight excluding hydrogens is 466 g/mol. The number of amides is 1. The van der Waals surface area contributed by atoms with Crippen molar-refractivity contribution in [3.05, 3.63) is 12.2 Å². The Morgan fingerprint density at radius 1 is 0.649 bits per heavy atom. The van der Waals surface area contributed by atoms with Crippen LogP contribution < -0.4 is 5.32 Å². The number of unbranched alkanes of at least 4 members (excludes halogenated alkanes) is 16. The first kappa shape index (κ1) is 36.0. The molecular formula is C31H61NO5. The Morgan fingerprint density at radius 3 is 1.62 bits per heavy atom. The van der Waals surface area contributed by atoms with Crippen molar-refractivity contribution in [2.24, 2.45) is 0 Å². The van der Waals surface area contributed by atoms with Crippen LogP contribution in [-0.2, 0) is 4.79 Å². The number of rotatable bonds is 27. The Bertz CT molecular complexity index is 528. The van der Waals surface area contributed by atoms with E-state index in [4.69, 9.17) is 0 Å². The summed E-state index contributed by atoms with van der Waals surface area (Å²) in [6.45, 7) is 3.95. The Hall–Kier alpha value is -0.950. The Kier molecular flexibility index (Phi) is 26.0.